The van der Waals surface area contributed by atoms with Crippen LogP contribution >= 0.6 is 11.6 Å². The molecule has 2 heterocycles. The van der Waals surface area contributed by atoms with Gasteiger partial charge in [0.2, 0.25) is 0 Å². The molecule has 0 bridgehead atoms. The van der Waals surface area contributed by atoms with E-state index in [0.29, 0.717) is 16.3 Å². The maximum Gasteiger partial charge on any atom is 0.254 e. The monoisotopic (exact) mass is 289 g/mol. The Morgan fingerprint density at radius 3 is 2.65 bits per heavy atom. The first-order valence-electron chi connectivity index (χ1n) is 6.88. The van der Waals surface area contributed by atoms with Crippen LogP contribution in [0.4, 0.5) is 0 Å². The van der Waals surface area contributed by atoms with E-state index in [1.807, 2.05) is 23.1 Å². The molecule has 0 radical (unpaired) electrons. The van der Waals surface area contributed by atoms with Gasteiger partial charge in [0.15, 0.2) is 0 Å². The smallest absolute Gasteiger partial charge is 0.254 e. The summed E-state index contributed by atoms with van der Waals surface area (Å²) in [5.74, 6) is 0.737. The van der Waals surface area contributed by atoms with Gasteiger partial charge >= 0.3 is 0 Å². The van der Waals surface area contributed by atoms with Gasteiger partial charge in [0.1, 0.15) is 5.76 Å². The minimum atomic E-state index is 0.0404. The summed E-state index contributed by atoms with van der Waals surface area (Å²) in [4.78, 5) is 14.6. The third kappa shape index (κ3) is 2.59. The molecule has 2 aromatic rings. The third-order valence-corrected chi connectivity index (χ3v) is 3.88. The Bertz CT molecular complexity index is 601. The van der Waals surface area contributed by atoms with Crippen molar-refractivity contribution in [1.29, 1.82) is 0 Å². The van der Waals surface area contributed by atoms with Gasteiger partial charge in [-0.15, -0.1) is 0 Å². The summed E-state index contributed by atoms with van der Waals surface area (Å²) in [6.07, 6.45) is 4.95. The first-order chi connectivity index (χ1) is 9.75. The van der Waals surface area contributed by atoms with Gasteiger partial charge in [-0.3, -0.25) is 4.79 Å². The molecule has 104 valence electrons. The highest BCUT2D eigenvalue weighted by Gasteiger charge is 2.22. The summed E-state index contributed by atoms with van der Waals surface area (Å²) in [7, 11) is 0. The van der Waals surface area contributed by atoms with Gasteiger partial charge in [-0.25, -0.2) is 0 Å². The molecule has 1 aliphatic rings. The molecule has 1 fully saturated rings. The second-order valence-corrected chi connectivity index (χ2v) is 5.46. The van der Waals surface area contributed by atoms with Gasteiger partial charge < -0.3 is 9.32 Å². The molecule has 1 aromatic carbocycles. The standard InChI is InChI=1S/C16H16ClNO2/c17-12-6-7-13(15-5-4-10-20-15)14(11-12)16(19)18-8-2-1-3-9-18/h4-7,10-11H,1-3,8-9H2. The van der Waals surface area contributed by atoms with E-state index in [2.05, 4.69) is 0 Å². The minimum absolute atomic E-state index is 0.0404. The number of likely N-dealkylation sites (tertiary alicyclic amines) is 1. The van der Waals surface area contributed by atoms with Crippen molar-refractivity contribution < 1.29 is 9.21 Å². The Kier molecular flexibility index (Phi) is 3.79. The summed E-state index contributed by atoms with van der Waals surface area (Å²) in [6, 6.07) is 9.04. The lowest BCUT2D eigenvalue weighted by atomic mass is 10.0. The van der Waals surface area contributed by atoms with Crippen LogP contribution < -0.4 is 0 Å². The van der Waals surface area contributed by atoms with Crippen molar-refractivity contribution in [3.63, 3.8) is 0 Å². The number of furan rings is 1. The summed E-state index contributed by atoms with van der Waals surface area (Å²) >= 11 is 6.06. The number of hydrogen-bond acceptors (Lipinski definition) is 2. The average Bonchev–Trinajstić information content (AvgIpc) is 3.01. The van der Waals surface area contributed by atoms with Crippen LogP contribution in [0.25, 0.3) is 11.3 Å². The van der Waals surface area contributed by atoms with Crippen molar-refractivity contribution in [2.24, 2.45) is 0 Å². The molecular weight excluding hydrogens is 274 g/mol. The highest BCUT2D eigenvalue weighted by molar-refractivity contribution is 6.31. The minimum Gasteiger partial charge on any atom is -0.464 e. The Balaban J connectivity index is 1.98. The average molecular weight is 290 g/mol. The number of piperidine rings is 1. The SMILES string of the molecule is O=C(c1cc(Cl)ccc1-c1ccco1)N1CCCCC1. The van der Waals surface area contributed by atoms with Crippen LogP contribution in [-0.2, 0) is 0 Å². The highest BCUT2D eigenvalue weighted by atomic mass is 35.5. The van der Waals surface area contributed by atoms with Crippen LogP contribution in [0.3, 0.4) is 0 Å². The Hall–Kier alpha value is -1.74. The van der Waals surface area contributed by atoms with Gasteiger partial charge in [-0.05, 0) is 49.6 Å². The zero-order chi connectivity index (χ0) is 13.9. The molecular formula is C16H16ClNO2. The van der Waals surface area contributed by atoms with E-state index in [9.17, 15) is 4.79 Å². The summed E-state index contributed by atoms with van der Waals surface area (Å²) < 4.78 is 5.42. The van der Waals surface area contributed by atoms with Crippen LogP contribution in [-0.4, -0.2) is 23.9 Å². The number of halogens is 1. The third-order valence-electron chi connectivity index (χ3n) is 3.64. The molecule has 0 spiro atoms. The van der Waals surface area contributed by atoms with Crippen LogP contribution in [0.1, 0.15) is 29.6 Å². The fourth-order valence-electron chi connectivity index (χ4n) is 2.61. The van der Waals surface area contributed by atoms with Crippen LogP contribution in [0.15, 0.2) is 41.0 Å². The molecule has 1 aliphatic heterocycles. The van der Waals surface area contributed by atoms with Gasteiger partial charge in [0, 0.05) is 23.7 Å². The Morgan fingerprint density at radius 2 is 1.95 bits per heavy atom. The van der Waals surface area contributed by atoms with Gasteiger partial charge in [-0.2, -0.15) is 0 Å². The normalized spacial score (nSPS) is 15.3. The summed E-state index contributed by atoms with van der Waals surface area (Å²) in [6.45, 7) is 1.64. The van der Waals surface area contributed by atoms with Crippen molar-refractivity contribution in [3.8, 4) is 11.3 Å². The predicted molar refractivity (Wildman–Crippen MR) is 78.9 cm³/mol. The second-order valence-electron chi connectivity index (χ2n) is 5.02. The molecule has 0 atom stereocenters. The number of benzene rings is 1. The number of hydrogen-bond donors (Lipinski definition) is 0. The van der Waals surface area contributed by atoms with E-state index < -0.39 is 0 Å². The van der Waals surface area contributed by atoms with Crippen molar-refractivity contribution in [2.45, 2.75) is 19.3 Å². The van der Waals surface area contributed by atoms with E-state index in [4.69, 9.17) is 16.0 Å². The van der Waals surface area contributed by atoms with Gasteiger partial charge in [0.25, 0.3) is 5.91 Å². The number of rotatable bonds is 2. The molecule has 0 saturated carbocycles. The van der Waals surface area contributed by atoms with Crippen LogP contribution in [0.2, 0.25) is 5.02 Å². The van der Waals surface area contributed by atoms with E-state index in [-0.39, 0.29) is 5.91 Å². The van der Waals surface area contributed by atoms with E-state index in [0.717, 1.165) is 31.5 Å². The van der Waals surface area contributed by atoms with Crippen molar-refractivity contribution in [3.05, 3.63) is 47.2 Å². The fraction of sp³-hybridized carbons (Fsp3) is 0.312. The Morgan fingerprint density at radius 1 is 1.15 bits per heavy atom. The van der Waals surface area contributed by atoms with Gasteiger partial charge in [-0.1, -0.05) is 11.6 Å². The van der Waals surface area contributed by atoms with Crippen LogP contribution in [0, 0.1) is 0 Å². The maximum absolute atomic E-state index is 12.7. The lowest BCUT2D eigenvalue weighted by Gasteiger charge is -2.27. The van der Waals surface area contributed by atoms with Crippen molar-refractivity contribution in [1.82, 2.24) is 4.90 Å². The molecule has 4 heteroatoms. The first kappa shape index (κ1) is 13.3. The number of nitrogens with zero attached hydrogens (tertiary/aromatic N) is 1. The van der Waals surface area contributed by atoms with Crippen LogP contribution in [0.5, 0.6) is 0 Å². The molecule has 0 unspecified atom stereocenters. The molecule has 1 saturated heterocycles. The van der Waals surface area contributed by atoms with E-state index in [1.54, 1.807) is 18.4 Å². The summed E-state index contributed by atoms with van der Waals surface area (Å²) in [5, 5.41) is 0.570. The van der Waals surface area contributed by atoms with E-state index >= 15 is 0 Å². The number of carbonyl (C=O) groups excluding carboxylic acids is 1. The molecule has 3 nitrogen and oxygen atoms in total. The predicted octanol–water partition coefficient (Wildman–Crippen LogP) is 4.23. The second kappa shape index (κ2) is 5.71. The highest BCUT2D eigenvalue weighted by Crippen LogP contribution is 2.28. The van der Waals surface area contributed by atoms with Gasteiger partial charge in [0.05, 0.1) is 11.8 Å². The van der Waals surface area contributed by atoms with E-state index in [1.165, 1.54) is 6.42 Å². The Labute approximate surface area is 123 Å². The summed E-state index contributed by atoms with van der Waals surface area (Å²) in [5.41, 5.74) is 1.42. The molecule has 0 aliphatic carbocycles. The number of amides is 1. The molecule has 3 rings (SSSR count). The first-order valence-corrected chi connectivity index (χ1v) is 7.26. The lowest BCUT2D eigenvalue weighted by Crippen LogP contribution is -2.35. The van der Waals surface area contributed by atoms with Crippen molar-refractivity contribution in [2.75, 3.05) is 13.1 Å². The zero-order valence-electron chi connectivity index (χ0n) is 11.1. The topological polar surface area (TPSA) is 33.5 Å². The molecule has 1 amide bonds. The molecule has 0 N–H and O–H groups in total. The lowest BCUT2D eigenvalue weighted by molar-refractivity contribution is 0.0725. The fourth-order valence-corrected chi connectivity index (χ4v) is 2.78. The quantitative estimate of drug-likeness (QED) is 0.829. The van der Waals surface area contributed by atoms with Crippen molar-refractivity contribution >= 4 is 17.5 Å². The largest absolute Gasteiger partial charge is 0.464 e. The number of carbonyl (C=O) groups is 1. The maximum atomic E-state index is 12.7. The molecule has 1 aromatic heterocycles. The molecule has 20 heavy (non-hydrogen) atoms. The zero-order valence-corrected chi connectivity index (χ0v) is 11.9.